The molecule has 6 heteroatoms. The Morgan fingerprint density at radius 1 is 1.21 bits per heavy atom. The van der Waals surface area contributed by atoms with Crippen molar-refractivity contribution in [2.75, 3.05) is 0 Å². The van der Waals surface area contributed by atoms with Gasteiger partial charge in [-0.25, -0.2) is 0 Å². The van der Waals surface area contributed by atoms with Crippen molar-refractivity contribution in [2.24, 2.45) is 0 Å². The zero-order valence-electron chi connectivity index (χ0n) is 10.9. The Morgan fingerprint density at radius 3 is 2.53 bits per heavy atom. The summed E-state index contributed by atoms with van der Waals surface area (Å²) in [6, 6.07) is 5.06. The Hall–Kier alpha value is -1.26. The number of halogens is 2. The van der Waals surface area contributed by atoms with Gasteiger partial charge in [-0.05, 0) is 12.1 Å². The van der Waals surface area contributed by atoms with Crippen molar-refractivity contribution in [1.29, 1.82) is 0 Å². The van der Waals surface area contributed by atoms with Crippen molar-refractivity contribution in [2.45, 2.75) is 32.8 Å². The Labute approximate surface area is 121 Å². The monoisotopic (exact) mass is 300 g/mol. The molecule has 4 nitrogen and oxygen atoms in total. The fourth-order valence-corrected chi connectivity index (χ4v) is 1.62. The van der Waals surface area contributed by atoms with E-state index in [0.717, 1.165) is 0 Å². The summed E-state index contributed by atoms with van der Waals surface area (Å²) in [4.78, 5) is 4.27. The van der Waals surface area contributed by atoms with Crippen LogP contribution in [0.15, 0.2) is 22.7 Å². The molecule has 0 amide bonds. The van der Waals surface area contributed by atoms with E-state index in [4.69, 9.17) is 32.5 Å². The number of hydrogen-bond acceptors (Lipinski definition) is 4. The van der Waals surface area contributed by atoms with Crippen LogP contribution in [0.2, 0.25) is 10.0 Å². The molecule has 0 radical (unpaired) electrons. The second-order valence-electron chi connectivity index (χ2n) is 5.13. The number of rotatable bonds is 3. The van der Waals surface area contributed by atoms with Crippen LogP contribution in [0.1, 0.15) is 32.5 Å². The molecule has 1 aromatic heterocycles. The molecule has 0 aliphatic heterocycles. The van der Waals surface area contributed by atoms with Crippen molar-refractivity contribution in [3.63, 3.8) is 0 Å². The van der Waals surface area contributed by atoms with Crippen molar-refractivity contribution in [3.8, 4) is 5.75 Å². The highest BCUT2D eigenvalue weighted by Crippen LogP contribution is 2.26. The zero-order chi connectivity index (χ0) is 14.0. The summed E-state index contributed by atoms with van der Waals surface area (Å²) in [6.07, 6.45) is 0. The molecular formula is C13H14Cl2N2O2. The van der Waals surface area contributed by atoms with Crippen LogP contribution in [0.4, 0.5) is 0 Å². The first kappa shape index (κ1) is 14.2. The van der Waals surface area contributed by atoms with Crippen LogP contribution in [-0.2, 0) is 12.0 Å². The van der Waals surface area contributed by atoms with Crippen LogP contribution in [0.5, 0.6) is 5.75 Å². The first-order valence-corrected chi connectivity index (χ1v) is 6.53. The van der Waals surface area contributed by atoms with E-state index in [1.54, 1.807) is 18.2 Å². The lowest BCUT2D eigenvalue weighted by Gasteiger charge is -2.10. The first-order chi connectivity index (χ1) is 8.86. The normalized spacial score (nSPS) is 11.6. The molecule has 2 rings (SSSR count). The van der Waals surface area contributed by atoms with Crippen LogP contribution in [0.3, 0.4) is 0 Å². The second-order valence-corrected chi connectivity index (χ2v) is 5.94. The molecule has 0 aliphatic carbocycles. The van der Waals surface area contributed by atoms with Gasteiger partial charge in [-0.3, -0.25) is 0 Å². The third-order valence-corrected chi connectivity index (χ3v) is 3.11. The predicted molar refractivity (Wildman–Crippen MR) is 73.8 cm³/mol. The molecule has 102 valence electrons. The van der Waals surface area contributed by atoms with Crippen LogP contribution < -0.4 is 4.74 Å². The molecule has 0 N–H and O–H groups in total. The summed E-state index contributed by atoms with van der Waals surface area (Å²) in [5.74, 6) is 1.69. The summed E-state index contributed by atoms with van der Waals surface area (Å²) in [5.41, 5.74) is -0.172. The number of ether oxygens (including phenoxy) is 1. The van der Waals surface area contributed by atoms with Gasteiger partial charge in [0.15, 0.2) is 6.61 Å². The first-order valence-electron chi connectivity index (χ1n) is 5.77. The van der Waals surface area contributed by atoms with Gasteiger partial charge in [-0.15, -0.1) is 0 Å². The Bertz CT molecular complexity index is 576. The summed E-state index contributed by atoms with van der Waals surface area (Å²) in [6.45, 7) is 6.23. The van der Waals surface area contributed by atoms with E-state index in [-0.39, 0.29) is 12.0 Å². The molecule has 0 aliphatic rings. The van der Waals surface area contributed by atoms with Gasteiger partial charge in [-0.2, -0.15) is 4.98 Å². The highest BCUT2D eigenvalue weighted by atomic mass is 35.5. The average Bonchev–Trinajstić information content (AvgIpc) is 2.79. The molecule has 0 saturated carbocycles. The molecule has 0 bridgehead atoms. The summed E-state index contributed by atoms with van der Waals surface area (Å²) < 4.78 is 10.7. The third kappa shape index (κ3) is 3.61. The average molecular weight is 301 g/mol. The van der Waals surface area contributed by atoms with Crippen molar-refractivity contribution in [1.82, 2.24) is 10.1 Å². The topological polar surface area (TPSA) is 48.2 Å². The van der Waals surface area contributed by atoms with E-state index in [0.29, 0.717) is 27.5 Å². The van der Waals surface area contributed by atoms with E-state index < -0.39 is 0 Å². The number of benzene rings is 1. The molecule has 2 aromatic rings. The minimum atomic E-state index is -0.172. The molecule has 19 heavy (non-hydrogen) atoms. The minimum Gasteiger partial charge on any atom is -0.485 e. The van der Waals surface area contributed by atoms with Crippen LogP contribution in [-0.4, -0.2) is 10.1 Å². The fourth-order valence-electron chi connectivity index (χ4n) is 1.33. The largest absolute Gasteiger partial charge is 0.485 e. The van der Waals surface area contributed by atoms with Gasteiger partial charge in [-0.1, -0.05) is 49.1 Å². The van der Waals surface area contributed by atoms with E-state index in [1.807, 2.05) is 20.8 Å². The smallest absolute Gasteiger partial charge is 0.232 e. The van der Waals surface area contributed by atoms with Gasteiger partial charge in [0.25, 0.3) is 0 Å². The summed E-state index contributed by atoms with van der Waals surface area (Å²) in [7, 11) is 0. The molecule has 0 spiro atoms. The quantitative estimate of drug-likeness (QED) is 0.850. The summed E-state index contributed by atoms with van der Waals surface area (Å²) >= 11 is 11.7. The number of nitrogens with zero attached hydrogens (tertiary/aromatic N) is 2. The highest BCUT2D eigenvalue weighted by Gasteiger charge is 2.21. The van der Waals surface area contributed by atoms with Crippen molar-refractivity contribution in [3.05, 3.63) is 40.0 Å². The van der Waals surface area contributed by atoms with Crippen LogP contribution in [0, 0.1) is 0 Å². The highest BCUT2D eigenvalue weighted by molar-refractivity contribution is 6.42. The maximum Gasteiger partial charge on any atom is 0.232 e. The maximum absolute atomic E-state index is 5.90. The summed E-state index contributed by atoms with van der Waals surface area (Å²) in [5, 5.41) is 4.80. The van der Waals surface area contributed by atoms with E-state index in [9.17, 15) is 0 Å². The molecule has 0 unspecified atom stereocenters. The molecule has 0 saturated heterocycles. The standard InChI is InChI=1S/C13H14Cl2N2O2/c1-13(2,3)12-16-11(17-19-12)7-18-8-4-5-9(14)10(15)6-8/h4-6H,7H2,1-3H3. The fraction of sp³-hybridized carbons (Fsp3) is 0.385. The maximum atomic E-state index is 5.90. The van der Waals surface area contributed by atoms with E-state index >= 15 is 0 Å². The zero-order valence-corrected chi connectivity index (χ0v) is 12.4. The van der Waals surface area contributed by atoms with Crippen LogP contribution >= 0.6 is 23.2 Å². The van der Waals surface area contributed by atoms with Crippen molar-refractivity contribution >= 4 is 23.2 Å². The third-order valence-electron chi connectivity index (χ3n) is 2.37. The lowest BCUT2D eigenvalue weighted by atomic mass is 9.97. The van der Waals surface area contributed by atoms with Gasteiger partial charge < -0.3 is 9.26 Å². The van der Waals surface area contributed by atoms with Gasteiger partial charge >= 0.3 is 0 Å². The van der Waals surface area contributed by atoms with E-state index in [1.165, 1.54) is 0 Å². The van der Waals surface area contributed by atoms with E-state index in [2.05, 4.69) is 10.1 Å². The Balaban J connectivity index is 2.02. The number of hydrogen-bond donors (Lipinski definition) is 0. The van der Waals surface area contributed by atoms with Gasteiger partial charge in [0.05, 0.1) is 10.0 Å². The predicted octanol–water partition coefficient (Wildman–Crippen LogP) is 4.25. The lowest BCUT2D eigenvalue weighted by molar-refractivity contribution is 0.280. The molecular weight excluding hydrogens is 287 g/mol. The van der Waals surface area contributed by atoms with Crippen molar-refractivity contribution < 1.29 is 9.26 Å². The molecule has 0 fully saturated rings. The molecule has 0 atom stereocenters. The Kier molecular flexibility index (Phi) is 4.02. The van der Waals surface area contributed by atoms with Crippen LogP contribution in [0.25, 0.3) is 0 Å². The minimum absolute atomic E-state index is 0.172. The SMILES string of the molecule is CC(C)(C)c1nc(COc2ccc(Cl)c(Cl)c2)no1. The Morgan fingerprint density at radius 2 is 1.95 bits per heavy atom. The van der Waals surface area contributed by atoms with Gasteiger partial charge in [0, 0.05) is 11.5 Å². The molecule has 1 aromatic carbocycles. The molecule has 1 heterocycles. The van der Waals surface area contributed by atoms with Gasteiger partial charge in [0.1, 0.15) is 5.75 Å². The number of aromatic nitrogens is 2. The second kappa shape index (κ2) is 5.39. The van der Waals surface area contributed by atoms with Gasteiger partial charge in [0.2, 0.25) is 11.7 Å². The lowest BCUT2D eigenvalue weighted by Crippen LogP contribution is -2.11.